The summed E-state index contributed by atoms with van der Waals surface area (Å²) in [6.07, 6.45) is 0.140. The van der Waals surface area contributed by atoms with Crippen LogP contribution in [0.1, 0.15) is 23.7 Å². The summed E-state index contributed by atoms with van der Waals surface area (Å²) in [5, 5.41) is 15.1. The molecule has 2 aromatic carbocycles. The van der Waals surface area contributed by atoms with E-state index >= 15 is 0 Å². The van der Waals surface area contributed by atoms with E-state index in [4.69, 9.17) is 4.84 Å². The molecular formula is C15H12N2O3. The average Bonchev–Trinajstić information content (AvgIpc) is 2.98. The van der Waals surface area contributed by atoms with Gasteiger partial charge in [-0.1, -0.05) is 47.6 Å². The minimum absolute atomic E-state index is 0.0713. The minimum Gasteiger partial charge on any atom is -0.387 e. The fourth-order valence-corrected chi connectivity index (χ4v) is 2.27. The molecule has 1 aliphatic rings. The predicted octanol–water partition coefficient (Wildman–Crippen LogP) is 3.46. The highest BCUT2D eigenvalue weighted by atomic mass is 16.6. The molecule has 0 fully saturated rings. The van der Waals surface area contributed by atoms with E-state index in [1.807, 2.05) is 30.3 Å². The summed E-state index contributed by atoms with van der Waals surface area (Å²) >= 11 is 0. The number of rotatable bonds is 3. The largest absolute Gasteiger partial charge is 0.387 e. The number of benzene rings is 2. The standard InChI is InChI=1S/C15H12N2O3/c18-17(19)14-9-5-4-8-12(14)15-10-13(16-20-15)11-6-2-1-3-7-11/h1-9,15H,10H2. The van der Waals surface area contributed by atoms with Crippen LogP contribution in [0, 0.1) is 10.1 Å². The van der Waals surface area contributed by atoms with Crippen molar-refractivity contribution < 1.29 is 9.76 Å². The van der Waals surface area contributed by atoms with Crippen LogP contribution >= 0.6 is 0 Å². The second-order valence-corrected chi connectivity index (χ2v) is 4.52. The predicted molar refractivity (Wildman–Crippen MR) is 74.5 cm³/mol. The first-order valence-corrected chi connectivity index (χ1v) is 6.27. The summed E-state index contributed by atoms with van der Waals surface area (Å²) < 4.78 is 0. The van der Waals surface area contributed by atoms with E-state index in [2.05, 4.69) is 5.16 Å². The summed E-state index contributed by atoms with van der Waals surface area (Å²) in [5.74, 6) is 0. The Morgan fingerprint density at radius 2 is 1.80 bits per heavy atom. The Balaban J connectivity index is 1.85. The number of nitrogens with zero attached hydrogens (tertiary/aromatic N) is 2. The van der Waals surface area contributed by atoms with Gasteiger partial charge in [-0.05, 0) is 11.6 Å². The normalized spacial score (nSPS) is 17.4. The number of nitro groups is 1. The van der Waals surface area contributed by atoms with E-state index < -0.39 is 6.10 Å². The lowest BCUT2D eigenvalue weighted by molar-refractivity contribution is -0.386. The van der Waals surface area contributed by atoms with Crippen LogP contribution in [0.25, 0.3) is 0 Å². The third-order valence-electron chi connectivity index (χ3n) is 3.26. The molecule has 0 spiro atoms. The lowest BCUT2D eigenvalue weighted by atomic mass is 9.99. The monoisotopic (exact) mass is 268 g/mol. The second kappa shape index (κ2) is 5.13. The summed E-state index contributed by atoms with van der Waals surface area (Å²) in [7, 11) is 0. The molecule has 0 radical (unpaired) electrons. The summed E-state index contributed by atoms with van der Waals surface area (Å²) in [5.41, 5.74) is 2.43. The maximum absolute atomic E-state index is 11.0. The molecule has 20 heavy (non-hydrogen) atoms. The van der Waals surface area contributed by atoms with Crippen molar-refractivity contribution in [3.63, 3.8) is 0 Å². The van der Waals surface area contributed by atoms with Gasteiger partial charge in [0.1, 0.15) is 0 Å². The minimum atomic E-state index is -0.396. The molecule has 5 heteroatoms. The van der Waals surface area contributed by atoms with Crippen molar-refractivity contribution in [2.24, 2.45) is 5.16 Å². The zero-order valence-corrected chi connectivity index (χ0v) is 10.6. The quantitative estimate of drug-likeness (QED) is 0.632. The van der Waals surface area contributed by atoms with Crippen LogP contribution in [0.15, 0.2) is 59.8 Å². The van der Waals surface area contributed by atoms with Crippen molar-refractivity contribution in [3.05, 3.63) is 75.8 Å². The van der Waals surface area contributed by atoms with Crippen molar-refractivity contribution in [1.82, 2.24) is 0 Å². The van der Waals surface area contributed by atoms with Gasteiger partial charge in [-0.2, -0.15) is 0 Å². The van der Waals surface area contributed by atoms with Gasteiger partial charge in [0.2, 0.25) is 0 Å². The molecule has 2 aromatic rings. The fourth-order valence-electron chi connectivity index (χ4n) is 2.27. The van der Waals surface area contributed by atoms with E-state index in [0.29, 0.717) is 12.0 Å². The van der Waals surface area contributed by atoms with Crippen LogP contribution in [0.3, 0.4) is 0 Å². The Bertz CT molecular complexity index is 668. The second-order valence-electron chi connectivity index (χ2n) is 4.52. The van der Waals surface area contributed by atoms with Crippen molar-refractivity contribution >= 4 is 11.4 Å². The molecule has 0 bridgehead atoms. The zero-order valence-electron chi connectivity index (χ0n) is 10.6. The van der Waals surface area contributed by atoms with Crippen LogP contribution in [-0.4, -0.2) is 10.6 Å². The highest BCUT2D eigenvalue weighted by Gasteiger charge is 2.29. The first kappa shape index (κ1) is 12.3. The smallest absolute Gasteiger partial charge is 0.276 e. The molecule has 1 unspecified atom stereocenters. The highest BCUT2D eigenvalue weighted by Crippen LogP contribution is 2.34. The molecule has 1 heterocycles. The Morgan fingerprint density at radius 3 is 2.55 bits per heavy atom. The van der Waals surface area contributed by atoms with Gasteiger partial charge in [-0.15, -0.1) is 0 Å². The molecule has 0 saturated heterocycles. The molecule has 1 atom stereocenters. The number of nitro benzene ring substituents is 1. The topological polar surface area (TPSA) is 64.7 Å². The van der Waals surface area contributed by atoms with Gasteiger partial charge >= 0.3 is 0 Å². The van der Waals surface area contributed by atoms with E-state index in [1.165, 1.54) is 6.07 Å². The SMILES string of the molecule is O=[N+]([O-])c1ccccc1C1CC(c2ccccc2)=NO1. The fraction of sp³-hybridized carbons (Fsp3) is 0.133. The van der Waals surface area contributed by atoms with Crippen LogP contribution in [-0.2, 0) is 4.84 Å². The molecule has 0 N–H and O–H groups in total. The van der Waals surface area contributed by atoms with Gasteiger partial charge in [0, 0.05) is 12.5 Å². The molecule has 100 valence electrons. The van der Waals surface area contributed by atoms with E-state index in [1.54, 1.807) is 18.2 Å². The molecule has 5 nitrogen and oxygen atoms in total. The van der Waals surface area contributed by atoms with Crippen LogP contribution in [0.2, 0.25) is 0 Å². The van der Waals surface area contributed by atoms with Crippen LogP contribution < -0.4 is 0 Å². The lowest BCUT2D eigenvalue weighted by Gasteiger charge is -2.08. The Hall–Kier alpha value is -2.69. The Morgan fingerprint density at radius 1 is 1.10 bits per heavy atom. The van der Waals surface area contributed by atoms with E-state index in [-0.39, 0.29) is 10.6 Å². The van der Waals surface area contributed by atoms with Crippen LogP contribution in [0.5, 0.6) is 0 Å². The maximum Gasteiger partial charge on any atom is 0.276 e. The molecule has 0 saturated carbocycles. The first-order valence-electron chi connectivity index (χ1n) is 6.27. The maximum atomic E-state index is 11.0. The number of hydrogen-bond donors (Lipinski definition) is 0. The molecule has 1 aliphatic heterocycles. The number of hydrogen-bond acceptors (Lipinski definition) is 4. The Kier molecular flexibility index (Phi) is 3.16. The van der Waals surface area contributed by atoms with Crippen molar-refractivity contribution in [2.75, 3.05) is 0 Å². The van der Waals surface area contributed by atoms with Crippen LogP contribution in [0.4, 0.5) is 5.69 Å². The van der Waals surface area contributed by atoms with Gasteiger partial charge in [-0.25, -0.2) is 0 Å². The van der Waals surface area contributed by atoms with E-state index in [9.17, 15) is 10.1 Å². The lowest BCUT2D eigenvalue weighted by Crippen LogP contribution is -2.04. The molecule has 0 aromatic heterocycles. The third kappa shape index (κ3) is 2.25. The third-order valence-corrected chi connectivity index (χ3v) is 3.26. The highest BCUT2D eigenvalue weighted by molar-refractivity contribution is 6.01. The Labute approximate surface area is 115 Å². The van der Waals surface area contributed by atoms with Crippen molar-refractivity contribution in [2.45, 2.75) is 12.5 Å². The van der Waals surface area contributed by atoms with Gasteiger partial charge in [-0.3, -0.25) is 10.1 Å². The first-order chi connectivity index (χ1) is 9.75. The molecular weight excluding hydrogens is 256 g/mol. The number of para-hydroxylation sites is 1. The molecule has 0 amide bonds. The van der Waals surface area contributed by atoms with Crippen molar-refractivity contribution in [3.8, 4) is 0 Å². The summed E-state index contributed by atoms with van der Waals surface area (Å²) in [6.45, 7) is 0. The molecule has 3 rings (SSSR count). The number of oxime groups is 1. The average molecular weight is 268 g/mol. The van der Waals surface area contributed by atoms with E-state index in [0.717, 1.165) is 11.3 Å². The van der Waals surface area contributed by atoms with Gasteiger partial charge in [0.15, 0.2) is 6.10 Å². The van der Waals surface area contributed by atoms with Gasteiger partial charge in [0.25, 0.3) is 5.69 Å². The summed E-state index contributed by atoms with van der Waals surface area (Å²) in [6, 6.07) is 16.3. The molecule has 0 aliphatic carbocycles. The van der Waals surface area contributed by atoms with Gasteiger partial charge < -0.3 is 4.84 Å². The van der Waals surface area contributed by atoms with Gasteiger partial charge in [0.05, 0.1) is 16.2 Å². The van der Waals surface area contributed by atoms with Crippen molar-refractivity contribution in [1.29, 1.82) is 0 Å². The summed E-state index contributed by atoms with van der Waals surface area (Å²) in [4.78, 5) is 16.0. The zero-order chi connectivity index (χ0) is 13.9.